The number of esters is 2. The van der Waals surface area contributed by atoms with E-state index < -0.39 is 11.9 Å². The van der Waals surface area contributed by atoms with E-state index in [0.29, 0.717) is 11.1 Å². The van der Waals surface area contributed by atoms with Crippen molar-refractivity contribution in [3.8, 4) is 12.8 Å². The van der Waals surface area contributed by atoms with E-state index in [4.69, 9.17) is 0 Å². The Balaban J connectivity index is 0.000000396. The number of cyclic esters (lactones) is 2. The second-order valence-corrected chi connectivity index (χ2v) is 2.22. The number of hydrogen-bond acceptors (Lipinski definition) is 3. The fourth-order valence-corrected chi connectivity index (χ4v) is 1.03. The molecule has 2 rings (SSSR count). The summed E-state index contributed by atoms with van der Waals surface area (Å²) in [6.45, 7) is 0. The maximum Gasteiger partial charge on any atom is 0.346 e. The van der Waals surface area contributed by atoms with Crippen LogP contribution in [0.15, 0.2) is 24.3 Å². The van der Waals surface area contributed by atoms with E-state index in [1.54, 1.807) is 24.3 Å². The third-order valence-electron chi connectivity index (χ3n) is 1.55. The van der Waals surface area contributed by atoms with Crippen LogP contribution in [0.25, 0.3) is 0 Å². The number of carbonyl (C=O) groups is 2. The topological polar surface area (TPSA) is 43.4 Å². The number of carbonyl (C=O) groups excluding carboxylic acids is 2. The Hall–Kier alpha value is -2.08. The SMILES string of the molecule is C#C.O=C1OC(=O)c2ccccc21. The van der Waals surface area contributed by atoms with Crippen molar-refractivity contribution in [2.45, 2.75) is 0 Å². The molecule has 0 saturated heterocycles. The summed E-state index contributed by atoms with van der Waals surface area (Å²) in [5.74, 6) is -1.10. The monoisotopic (exact) mass is 174 g/mol. The molecule has 0 aromatic heterocycles. The minimum absolute atomic E-state index is 0.359. The lowest BCUT2D eigenvalue weighted by Gasteiger charge is -1.86. The molecule has 0 amide bonds. The largest absolute Gasteiger partial charge is 0.386 e. The molecule has 3 heteroatoms. The second-order valence-electron chi connectivity index (χ2n) is 2.22. The van der Waals surface area contributed by atoms with Crippen LogP contribution in [0, 0.1) is 12.8 Å². The summed E-state index contributed by atoms with van der Waals surface area (Å²) in [5, 5.41) is 0. The van der Waals surface area contributed by atoms with Gasteiger partial charge in [0.1, 0.15) is 0 Å². The van der Waals surface area contributed by atoms with Crippen molar-refractivity contribution in [3.05, 3.63) is 35.4 Å². The van der Waals surface area contributed by atoms with Crippen molar-refractivity contribution in [1.29, 1.82) is 0 Å². The number of terminal acetylenes is 1. The Labute approximate surface area is 75.3 Å². The molecule has 0 radical (unpaired) electrons. The molecule has 0 bridgehead atoms. The first-order chi connectivity index (χ1) is 6.29. The standard InChI is InChI=1S/C8H4O3.C2H2/c9-7-5-3-1-2-4-6(5)8(10)11-7;1-2/h1-4H;1-2H. The average molecular weight is 174 g/mol. The molecule has 1 aromatic carbocycles. The zero-order valence-electron chi connectivity index (χ0n) is 6.69. The van der Waals surface area contributed by atoms with Crippen LogP contribution >= 0.6 is 0 Å². The quantitative estimate of drug-likeness (QED) is 0.337. The van der Waals surface area contributed by atoms with Gasteiger partial charge in [0.15, 0.2) is 0 Å². The van der Waals surface area contributed by atoms with Gasteiger partial charge in [-0.3, -0.25) is 0 Å². The van der Waals surface area contributed by atoms with E-state index in [1.807, 2.05) is 0 Å². The number of hydrogen-bond donors (Lipinski definition) is 0. The van der Waals surface area contributed by atoms with Gasteiger partial charge in [-0.15, -0.1) is 12.8 Å². The first-order valence-electron chi connectivity index (χ1n) is 3.48. The number of ether oxygens (including phenoxy) is 1. The van der Waals surface area contributed by atoms with Gasteiger partial charge < -0.3 is 4.74 Å². The third kappa shape index (κ3) is 1.42. The van der Waals surface area contributed by atoms with Gasteiger partial charge in [0.25, 0.3) is 0 Å². The van der Waals surface area contributed by atoms with E-state index in [9.17, 15) is 9.59 Å². The fraction of sp³-hybridized carbons (Fsp3) is 0. The Kier molecular flexibility index (Phi) is 2.46. The van der Waals surface area contributed by atoms with Crippen molar-refractivity contribution in [2.24, 2.45) is 0 Å². The van der Waals surface area contributed by atoms with Crippen LogP contribution in [0.5, 0.6) is 0 Å². The fourth-order valence-electron chi connectivity index (χ4n) is 1.03. The molecule has 0 aliphatic carbocycles. The van der Waals surface area contributed by atoms with E-state index in [-0.39, 0.29) is 0 Å². The predicted molar refractivity (Wildman–Crippen MR) is 46.1 cm³/mol. The van der Waals surface area contributed by atoms with E-state index in [2.05, 4.69) is 17.6 Å². The minimum Gasteiger partial charge on any atom is -0.386 e. The molecular formula is C10H6O3. The maximum absolute atomic E-state index is 10.8. The van der Waals surface area contributed by atoms with Gasteiger partial charge >= 0.3 is 11.9 Å². The maximum atomic E-state index is 10.8. The van der Waals surface area contributed by atoms with E-state index in [1.165, 1.54) is 0 Å². The molecule has 0 fully saturated rings. The Bertz CT molecular complexity index is 344. The molecule has 64 valence electrons. The summed E-state index contributed by atoms with van der Waals surface area (Å²) in [6, 6.07) is 6.53. The lowest BCUT2D eigenvalue weighted by molar-refractivity contribution is 0.0444. The van der Waals surface area contributed by atoms with Crippen LogP contribution in [0.1, 0.15) is 20.7 Å². The van der Waals surface area contributed by atoms with Crippen molar-refractivity contribution >= 4 is 11.9 Å². The summed E-state index contributed by atoms with van der Waals surface area (Å²) in [4.78, 5) is 21.7. The van der Waals surface area contributed by atoms with E-state index >= 15 is 0 Å². The molecule has 0 unspecified atom stereocenters. The van der Waals surface area contributed by atoms with Crippen molar-refractivity contribution in [2.75, 3.05) is 0 Å². The van der Waals surface area contributed by atoms with E-state index in [0.717, 1.165) is 0 Å². The number of fused-ring (bicyclic) bond motifs is 1. The number of benzene rings is 1. The molecule has 1 aliphatic heterocycles. The number of rotatable bonds is 0. The minimum atomic E-state index is -0.550. The Morgan fingerprint density at radius 1 is 0.923 bits per heavy atom. The van der Waals surface area contributed by atoms with Crippen molar-refractivity contribution in [1.82, 2.24) is 0 Å². The summed E-state index contributed by atoms with van der Waals surface area (Å²) < 4.78 is 4.35. The second kappa shape index (κ2) is 3.55. The summed E-state index contributed by atoms with van der Waals surface area (Å²) in [5.41, 5.74) is 0.718. The normalized spacial score (nSPS) is 12.5. The predicted octanol–water partition coefficient (Wildman–Crippen LogP) is 1.25. The molecule has 0 atom stereocenters. The molecule has 1 aliphatic rings. The van der Waals surface area contributed by atoms with Gasteiger partial charge in [0.2, 0.25) is 0 Å². The van der Waals surface area contributed by atoms with Gasteiger partial charge in [-0.1, -0.05) is 12.1 Å². The summed E-state index contributed by atoms with van der Waals surface area (Å²) >= 11 is 0. The molecule has 3 nitrogen and oxygen atoms in total. The third-order valence-corrected chi connectivity index (χ3v) is 1.55. The van der Waals surface area contributed by atoms with Crippen LogP contribution in [-0.4, -0.2) is 11.9 Å². The molecule has 0 saturated carbocycles. The van der Waals surface area contributed by atoms with Crippen molar-refractivity contribution in [3.63, 3.8) is 0 Å². The Morgan fingerprint density at radius 2 is 1.31 bits per heavy atom. The van der Waals surface area contributed by atoms with Gasteiger partial charge in [-0.25, -0.2) is 9.59 Å². The van der Waals surface area contributed by atoms with Gasteiger partial charge in [-0.2, -0.15) is 0 Å². The van der Waals surface area contributed by atoms with Gasteiger partial charge in [0, 0.05) is 0 Å². The first kappa shape index (κ1) is 9.01. The summed E-state index contributed by atoms with van der Waals surface area (Å²) in [6.07, 6.45) is 8.00. The highest BCUT2D eigenvalue weighted by Crippen LogP contribution is 2.18. The zero-order chi connectivity index (χ0) is 9.84. The Morgan fingerprint density at radius 3 is 1.69 bits per heavy atom. The highest BCUT2D eigenvalue weighted by molar-refractivity contribution is 6.14. The summed E-state index contributed by atoms with van der Waals surface area (Å²) in [7, 11) is 0. The molecular weight excluding hydrogens is 168 g/mol. The molecule has 0 N–H and O–H groups in total. The van der Waals surface area contributed by atoms with Gasteiger partial charge in [-0.05, 0) is 12.1 Å². The van der Waals surface area contributed by atoms with Crippen LogP contribution in [-0.2, 0) is 4.74 Å². The van der Waals surface area contributed by atoms with Crippen LogP contribution in [0.3, 0.4) is 0 Å². The molecule has 13 heavy (non-hydrogen) atoms. The van der Waals surface area contributed by atoms with Crippen LogP contribution in [0.2, 0.25) is 0 Å². The zero-order valence-corrected chi connectivity index (χ0v) is 6.69. The van der Waals surface area contributed by atoms with Crippen LogP contribution < -0.4 is 0 Å². The lowest BCUT2D eigenvalue weighted by Crippen LogP contribution is -1.96. The lowest BCUT2D eigenvalue weighted by atomic mass is 10.1. The average Bonchev–Trinajstić information content (AvgIpc) is 2.47. The highest BCUT2D eigenvalue weighted by Gasteiger charge is 2.28. The molecule has 1 aromatic rings. The van der Waals surface area contributed by atoms with Crippen molar-refractivity contribution < 1.29 is 14.3 Å². The smallest absolute Gasteiger partial charge is 0.346 e. The first-order valence-corrected chi connectivity index (χ1v) is 3.48. The van der Waals surface area contributed by atoms with Gasteiger partial charge in [0.05, 0.1) is 11.1 Å². The van der Waals surface area contributed by atoms with Crippen LogP contribution in [0.4, 0.5) is 0 Å². The molecule has 1 heterocycles. The molecule has 0 spiro atoms. The highest BCUT2D eigenvalue weighted by atomic mass is 16.6.